The van der Waals surface area contributed by atoms with Crippen LogP contribution in [0.2, 0.25) is 0 Å². The standard InChI is InChI=1S/C13H18F2N2O3.ClH/c1-16-6-3-7-17-12(18)9-4-5-10(19-2)11(8-9)20-13(14)15;/h4-5,8,13,16H,3,6-7H2,1-2H3,(H,17,18);1H. The molecule has 0 saturated carbocycles. The van der Waals surface area contributed by atoms with E-state index in [1.54, 1.807) is 0 Å². The number of nitrogens with one attached hydrogen (secondary N) is 2. The van der Waals surface area contributed by atoms with Gasteiger partial charge in [-0.05, 0) is 38.2 Å². The van der Waals surface area contributed by atoms with Crippen molar-refractivity contribution < 1.29 is 23.0 Å². The van der Waals surface area contributed by atoms with Crippen LogP contribution in [0.25, 0.3) is 0 Å². The molecular weight excluding hydrogens is 306 g/mol. The predicted molar refractivity (Wildman–Crippen MR) is 77.8 cm³/mol. The fraction of sp³-hybridized carbons (Fsp3) is 0.462. The van der Waals surface area contributed by atoms with E-state index in [1.807, 2.05) is 7.05 Å². The molecule has 0 aliphatic rings. The van der Waals surface area contributed by atoms with E-state index in [1.165, 1.54) is 25.3 Å². The Morgan fingerprint density at radius 3 is 2.57 bits per heavy atom. The number of rotatable bonds is 8. The highest BCUT2D eigenvalue weighted by atomic mass is 35.5. The molecule has 2 N–H and O–H groups in total. The quantitative estimate of drug-likeness (QED) is 0.719. The Kier molecular flexibility index (Phi) is 9.40. The molecule has 0 aromatic heterocycles. The molecule has 0 bridgehead atoms. The van der Waals surface area contributed by atoms with Crippen molar-refractivity contribution in [3.8, 4) is 11.5 Å². The molecular formula is C13H19ClF2N2O3. The molecule has 0 aliphatic carbocycles. The summed E-state index contributed by atoms with van der Waals surface area (Å²) < 4.78 is 33.8. The molecule has 0 spiro atoms. The summed E-state index contributed by atoms with van der Waals surface area (Å²) in [6.07, 6.45) is 0.777. The molecule has 0 radical (unpaired) electrons. The van der Waals surface area contributed by atoms with Gasteiger partial charge in [-0.2, -0.15) is 8.78 Å². The lowest BCUT2D eigenvalue weighted by Gasteiger charge is -2.11. The predicted octanol–water partition coefficient (Wildman–Crippen LogP) is 2.06. The zero-order chi connectivity index (χ0) is 15.0. The Hall–Kier alpha value is -1.60. The maximum atomic E-state index is 12.3. The van der Waals surface area contributed by atoms with Gasteiger partial charge in [0, 0.05) is 12.1 Å². The summed E-state index contributed by atoms with van der Waals surface area (Å²) in [6.45, 7) is -1.70. The highest BCUT2D eigenvalue weighted by Crippen LogP contribution is 2.29. The molecule has 8 heteroatoms. The molecule has 5 nitrogen and oxygen atoms in total. The van der Waals surface area contributed by atoms with Crippen molar-refractivity contribution in [2.24, 2.45) is 0 Å². The number of benzene rings is 1. The van der Waals surface area contributed by atoms with E-state index < -0.39 is 6.61 Å². The van der Waals surface area contributed by atoms with Gasteiger partial charge in [-0.15, -0.1) is 12.4 Å². The largest absolute Gasteiger partial charge is 0.493 e. The van der Waals surface area contributed by atoms with Crippen LogP contribution in [0.5, 0.6) is 11.5 Å². The first-order valence-corrected chi connectivity index (χ1v) is 6.14. The van der Waals surface area contributed by atoms with Crippen LogP contribution < -0.4 is 20.1 Å². The Bertz CT molecular complexity index is 447. The molecule has 0 unspecified atom stereocenters. The number of hydrogen-bond acceptors (Lipinski definition) is 4. The second-order valence-corrected chi connectivity index (χ2v) is 3.96. The van der Waals surface area contributed by atoms with Gasteiger partial charge < -0.3 is 20.1 Å². The van der Waals surface area contributed by atoms with Crippen LogP contribution in [0.15, 0.2) is 18.2 Å². The fourth-order valence-corrected chi connectivity index (χ4v) is 1.58. The van der Waals surface area contributed by atoms with Crippen molar-refractivity contribution in [1.82, 2.24) is 10.6 Å². The Balaban J connectivity index is 0.00000400. The third-order valence-electron chi connectivity index (χ3n) is 2.53. The molecule has 0 atom stereocenters. The fourth-order valence-electron chi connectivity index (χ4n) is 1.58. The highest BCUT2D eigenvalue weighted by molar-refractivity contribution is 5.94. The molecule has 0 saturated heterocycles. The van der Waals surface area contributed by atoms with Gasteiger partial charge in [0.2, 0.25) is 0 Å². The summed E-state index contributed by atoms with van der Waals surface area (Å²) in [7, 11) is 3.16. The van der Waals surface area contributed by atoms with Gasteiger partial charge in [-0.25, -0.2) is 0 Å². The van der Waals surface area contributed by atoms with Gasteiger partial charge in [0.15, 0.2) is 11.5 Å². The smallest absolute Gasteiger partial charge is 0.387 e. The molecule has 1 rings (SSSR count). The molecule has 21 heavy (non-hydrogen) atoms. The second-order valence-electron chi connectivity index (χ2n) is 3.96. The van der Waals surface area contributed by atoms with E-state index in [2.05, 4.69) is 15.4 Å². The first-order chi connectivity index (χ1) is 9.58. The topological polar surface area (TPSA) is 59.6 Å². The first-order valence-electron chi connectivity index (χ1n) is 6.14. The number of ether oxygens (including phenoxy) is 2. The molecule has 0 fully saturated rings. The normalized spacial score (nSPS) is 9.95. The molecule has 120 valence electrons. The van der Waals surface area contributed by atoms with Crippen molar-refractivity contribution in [1.29, 1.82) is 0 Å². The molecule has 0 heterocycles. The van der Waals surface area contributed by atoms with Crippen molar-refractivity contribution >= 4 is 18.3 Å². The zero-order valence-electron chi connectivity index (χ0n) is 11.8. The lowest BCUT2D eigenvalue weighted by atomic mass is 10.2. The van der Waals surface area contributed by atoms with Gasteiger partial charge in [0.1, 0.15) is 0 Å². The van der Waals surface area contributed by atoms with Crippen LogP contribution in [0.3, 0.4) is 0 Å². The van der Waals surface area contributed by atoms with Gasteiger partial charge in [0.05, 0.1) is 7.11 Å². The Morgan fingerprint density at radius 1 is 1.29 bits per heavy atom. The third-order valence-corrected chi connectivity index (χ3v) is 2.53. The van der Waals surface area contributed by atoms with Gasteiger partial charge in [0.25, 0.3) is 5.91 Å². The summed E-state index contributed by atoms with van der Waals surface area (Å²) in [5, 5.41) is 5.64. The van der Waals surface area contributed by atoms with Crippen molar-refractivity contribution in [2.45, 2.75) is 13.0 Å². The minimum absolute atomic E-state index is 0. The summed E-state index contributed by atoms with van der Waals surface area (Å²) in [6, 6.07) is 4.14. The monoisotopic (exact) mass is 324 g/mol. The van der Waals surface area contributed by atoms with Crippen LogP contribution in [0.1, 0.15) is 16.8 Å². The van der Waals surface area contributed by atoms with E-state index in [-0.39, 0.29) is 35.4 Å². The van der Waals surface area contributed by atoms with Crippen molar-refractivity contribution in [2.75, 3.05) is 27.2 Å². The maximum Gasteiger partial charge on any atom is 0.387 e. The van der Waals surface area contributed by atoms with Crippen LogP contribution >= 0.6 is 12.4 Å². The number of halogens is 3. The molecule has 1 aromatic rings. The second kappa shape index (κ2) is 10.2. The number of alkyl halides is 2. The maximum absolute atomic E-state index is 12.3. The number of methoxy groups -OCH3 is 1. The van der Waals surface area contributed by atoms with Crippen LogP contribution in [-0.4, -0.2) is 39.8 Å². The van der Waals surface area contributed by atoms with E-state index in [0.29, 0.717) is 6.54 Å². The lowest BCUT2D eigenvalue weighted by molar-refractivity contribution is -0.0512. The summed E-state index contributed by atoms with van der Waals surface area (Å²) in [5.74, 6) is -0.356. The summed E-state index contributed by atoms with van der Waals surface area (Å²) in [5.41, 5.74) is 0.242. The SMILES string of the molecule is CNCCCNC(=O)c1ccc(OC)c(OC(F)F)c1.Cl. The minimum atomic E-state index is -2.97. The van der Waals surface area contributed by atoms with Crippen molar-refractivity contribution in [3.63, 3.8) is 0 Å². The average molecular weight is 325 g/mol. The zero-order valence-corrected chi connectivity index (χ0v) is 12.6. The Labute approximate surface area is 128 Å². The van der Waals surface area contributed by atoms with E-state index >= 15 is 0 Å². The van der Waals surface area contributed by atoms with Gasteiger partial charge in [-0.3, -0.25) is 4.79 Å². The highest BCUT2D eigenvalue weighted by Gasteiger charge is 2.14. The summed E-state index contributed by atoms with van der Waals surface area (Å²) >= 11 is 0. The van der Waals surface area contributed by atoms with E-state index in [0.717, 1.165) is 13.0 Å². The van der Waals surface area contributed by atoms with Crippen LogP contribution in [-0.2, 0) is 0 Å². The van der Waals surface area contributed by atoms with Gasteiger partial charge >= 0.3 is 6.61 Å². The third kappa shape index (κ3) is 6.59. The Morgan fingerprint density at radius 2 is 2.00 bits per heavy atom. The molecule has 1 amide bonds. The number of carbonyl (C=O) groups is 1. The number of amides is 1. The molecule has 1 aromatic carbocycles. The van der Waals surface area contributed by atoms with Crippen molar-refractivity contribution in [3.05, 3.63) is 23.8 Å². The number of carbonyl (C=O) groups excluding carboxylic acids is 1. The van der Waals surface area contributed by atoms with E-state index in [4.69, 9.17) is 4.74 Å². The summed E-state index contributed by atoms with van der Waals surface area (Å²) in [4.78, 5) is 11.8. The van der Waals surface area contributed by atoms with Gasteiger partial charge in [-0.1, -0.05) is 0 Å². The lowest BCUT2D eigenvalue weighted by Crippen LogP contribution is -2.26. The average Bonchev–Trinajstić information content (AvgIpc) is 2.42. The van der Waals surface area contributed by atoms with Crippen LogP contribution in [0.4, 0.5) is 8.78 Å². The number of hydrogen-bond donors (Lipinski definition) is 2. The first kappa shape index (κ1) is 19.4. The van der Waals surface area contributed by atoms with Crippen LogP contribution in [0, 0.1) is 0 Å². The molecule has 0 aliphatic heterocycles. The minimum Gasteiger partial charge on any atom is -0.493 e. The van der Waals surface area contributed by atoms with E-state index in [9.17, 15) is 13.6 Å².